The number of thioether (sulfide) groups is 1. The molecule has 1 saturated heterocycles. The molecular weight excluding hydrogens is 408 g/mol. The third-order valence-corrected chi connectivity index (χ3v) is 6.89. The summed E-state index contributed by atoms with van der Waals surface area (Å²) in [5.74, 6) is -0.218. The largest absolute Gasteiger partial charge is 0.325 e. The van der Waals surface area contributed by atoms with Crippen LogP contribution >= 0.6 is 11.8 Å². The fourth-order valence-electron chi connectivity index (χ4n) is 3.84. The fourth-order valence-corrected chi connectivity index (χ4v) is 4.53. The summed E-state index contributed by atoms with van der Waals surface area (Å²) in [6.45, 7) is 8.49. The van der Waals surface area contributed by atoms with Gasteiger partial charge < -0.3 is 5.32 Å². The van der Waals surface area contributed by atoms with E-state index in [4.69, 9.17) is 0 Å². The maximum Gasteiger partial charge on any atom is 0.237 e. The third-order valence-electron chi connectivity index (χ3n) is 5.88. The summed E-state index contributed by atoms with van der Waals surface area (Å²) in [4.78, 5) is 37.5. The quantitative estimate of drug-likeness (QED) is 0.502. The Labute approximate surface area is 188 Å². The van der Waals surface area contributed by atoms with Crippen molar-refractivity contribution in [1.82, 2.24) is 5.32 Å². The van der Waals surface area contributed by atoms with Gasteiger partial charge >= 0.3 is 0 Å². The Balaban J connectivity index is 1.59. The van der Waals surface area contributed by atoms with Gasteiger partial charge in [-0.1, -0.05) is 52.0 Å². The molecule has 1 fully saturated rings. The SMILES string of the molecule is CCC1(c2ccc(NC(=O)CSc3ccc(C(C)(C)C)cc3)cc2)CCC(=O)NC1=O. The summed E-state index contributed by atoms with van der Waals surface area (Å²) >= 11 is 1.50. The van der Waals surface area contributed by atoms with E-state index in [1.807, 2.05) is 31.2 Å². The van der Waals surface area contributed by atoms with Crippen molar-refractivity contribution in [2.24, 2.45) is 0 Å². The van der Waals surface area contributed by atoms with Gasteiger partial charge in [-0.05, 0) is 53.6 Å². The molecule has 5 nitrogen and oxygen atoms in total. The molecule has 3 amide bonds. The maximum atomic E-state index is 12.5. The molecule has 31 heavy (non-hydrogen) atoms. The number of amides is 3. The van der Waals surface area contributed by atoms with E-state index in [1.165, 1.54) is 17.3 Å². The molecule has 0 spiro atoms. The zero-order chi connectivity index (χ0) is 22.6. The van der Waals surface area contributed by atoms with E-state index in [0.29, 0.717) is 30.7 Å². The van der Waals surface area contributed by atoms with Gasteiger partial charge in [-0.25, -0.2) is 0 Å². The van der Waals surface area contributed by atoms with Crippen LogP contribution in [0.4, 0.5) is 5.69 Å². The van der Waals surface area contributed by atoms with Crippen LogP contribution in [-0.4, -0.2) is 23.5 Å². The molecule has 0 radical (unpaired) electrons. The van der Waals surface area contributed by atoms with Crippen LogP contribution < -0.4 is 10.6 Å². The lowest BCUT2D eigenvalue weighted by Crippen LogP contribution is -2.51. The normalized spacial score (nSPS) is 19.1. The fraction of sp³-hybridized carbons (Fsp3) is 0.400. The highest BCUT2D eigenvalue weighted by Crippen LogP contribution is 2.36. The highest BCUT2D eigenvalue weighted by molar-refractivity contribution is 8.00. The van der Waals surface area contributed by atoms with Gasteiger partial charge in [0, 0.05) is 17.0 Å². The van der Waals surface area contributed by atoms with Crippen LogP contribution in [0.5, 0.6) is 0 Å². The van der Waals surface area contributed by atoms with E-state index < -0.39 is 5.41 Å². The lowest BCUT2D eigenvalue weighted by atomic mass is 9.72. The standard InChI is InChI=1S/C25H30N2O3S/c1-5-25(15-14-21(28)27-23(25)30)18-6-10-19(11-7-18)26-22(29)16-31-20-12-8-17(9-13-20)24(2,3)4/h6-13H,5,14-16H2,1-4H3,(H,26,29)(H,27,28,30). The molecule has 1 aliphatic heterocycles. The van der Waals surface area contributed by atoms with Gasteiger partial charge in [0.15, 0.2) is 0 Å². The second kappa shape index (κ2) is 9.27. The van der Waals surface area contributed by atoms with Crippen LogP contribution in [0.25, 0.3) is 0 Å². The molecule has 2 N–H and O–H groups in total. The minimum Gasteiger partial charge on any atom is -0.325 e. The summed E-state index contributed by atoms with van der Waals surface area (Å²) < 4.78 is 0. The van der Waals surface area contributed by atoms with Gasteiger partial charge in [-0.2, -0.15) is 0 Å². The summed E-state index contributed by atoms with van der Waals surface area (Å²) in [6.07, 6.45) is 1.46. The van der Waals surface area contributed by atoms with Crippen LogP contribution in [0.1, 0.15) is 58.1 Å². The number of anilines is 1. The van der Waals surface area contributed by atoms with Crippen molar-refractivity contribution in [3.63, 3.8) is 0 Å². The molecule has 164 valence electrons. The Morgan fingerprint density at radius 3 is 2.26 bits per heavy atom. The molecule has 0 saturated carbocycles. The first-order chi connectivity index (χ1) is 14.6. The molecule has 3 rings (SSSR count). The van der Waals surface area contributed by atoms with Gasteiger partial charge in [-0.3, -0.25) is 19.7 Å². The van der Waals surface area contributed by atoms with E-state index in [-0.39, 0.29) is 23.1 Å². The van der Waals surface area contributed by atoms with Gasteiger partial charge in [0.05, 0.1) is 11.2 Å². The molecule has 1 atom stereocenters. The molecule has 1 aliphatic rings. The Hall–Kier alpha value is -2.60. The zero-order valence-electron chi connectivity index (χ0n) is 18.6. The molecule has 1 unspecified atom stereocenters. The lowest BCUT2D eigenvalue weighted by molar-refractivity contribution is -0.138. The Morgan fingerprint density at radius 2 is 1.71 bits per heavy atom. The van der Waals surface area contributed by atoms with Crippen LogP contribution in [0.3, 0.4) is 0 Å². The predicted molar refractivity (Wildman–Crippen MR) is 125 cm³/mol. The first-order valence-electron chi connectivity index (χ1n) is 10.6. The minimum absolute atomic E-state index is 0.0798. The molecule has 2 aromatic carbocycles. The average molecular weight is 439 g/mol. The summed E-state index contributed by atoms with van der Waals surface area (Å²) in [5, 5.41) is 5.37. The number of benzene rings is 2. The molecule has 1 heterocycles. The number of piperidine rings is 1. The van der Waals surface area contributed by atoms with Crippen molar-refractivity contribution < 1.29 is 14.4 Å². The van der Waals surface area contributed by atoms with Crippen molar-refractivity contribution in [2.75, 3.05) is 11.1 Å². The minimum atomic E-state index is -0.689. The van der Waals surface area contributed by atoms with Crippen molar-refractivity contribution >= 4 is 35.2 Å². The second-order valence-electron chi connectivity index (χ2n) is 9.00. The number of carbonyl (C=O) groups excluding carboxylic acids is 3. The van der Waals surface area contributed by atoms with Gasteiger partial charge in [0.2, 0.25) is 17.7 Å². The van der Waals surface area contributed by atoms with E-state index in [0.717, 1.165) is 10.5 Å². The molecule has 2 aromatic rings. The summed E-state index contributed by atoms with van der Waals surface area (Å²) in [5.41, 5.74) is 2.24. The topological polar surface area (TPSA) is 75.3 Å². The second-order valence-corrected chi connectivity index (χ2v) is 10.1. The highest BCUT2D eigenvalue weighted by atomic mass is 32.2. The number of hydrogen-bond acceptors (Lipinski definition) is 4. The summed E-state index contributed by atoms with van der Waals surface area (Å²) in [7, 11) is 0. The van der Waals surface area contributed by atoms with Crippen LogP contribution in [0.2, 0.25) is 0 Å². The van der Waals surface area contributed by atoms with Crippen molar-refractivity contribution in [3.05, 3.63) is 59.7 Å². The number of hydrogen-bond donors (Lipinski definition) is 2. The van der Waals surface area contributed by atoms with Gasteiger partial charge in [0.25, 0.3) is 0 Å². The Bertz CT molecular complexity index is 962. The number of rotatable bonds is 6. The predicted octanol–water partition coefficient (Wildman–Crippen LogP) is 4.80. The summed E-state index contributed by atoms with van der Waals surface area (Å²) in [6, 6.07) is 15.7. The molecule has 0 aromatic heterocycles. The molecule has 6 heteroatoms. The maximum absolute atomic E-state index is 12.5. The number of nitrogens with one attached hydrogen (secondary N) is 2. The van der Waals surface area contributed by atoms with Crippen molar-refractivity contribution in [2.45, 2.75) is 62.7 Å². The first kappa shape index (κ1) is 23.1. The number of imide groups is 1. The molecule has 0 aliphatic carbocycles. The third kappa shape index (κ3) is 5.37. The van der Waals surface area contributed by atoms with E-state index in [1.54, 1.807) is 0 Å². The van der Waals surface area contributed by atoms with Gasteiger partial charge in [0.1, 0.15) is 0 Å². The number of carbonyl (C=O) groups is 3. The average Bonchev–Trinajstić information content (AvgIpc) is 2.73. The van der Waals surface area contributed by atoms with Crippen molar-refractivity contribution in [3.8, 4) is 0 Å². The zero-order valence-corrected chi connectivity index (χ0v) is 19.4. The van der Waals surface area contributed by atoms with Crippen molar-refractivity contribution in [1.29, 1.82) is 0 Å². The Morgan fingerprint density at radius 1 is 1.06 bits per heavy atom. The smallest absolute Gasteiger partial charge is 0.237 e. The van der Waals surface area contributed by atoms with Crippen LogP contribution in [-0.2, 0) is 25.2 Å². The van der Waals surface area contributed by atoms with Crippen LogP contribution in [0, 0.1) is 0 Å². The molecule has 0 bridgehead atoms. The van der Waals surface area contributed by atoms with E-state index in [9.17, 15) is 14.4 Å². The lowest BCUT2D eigenvalue weighted by Gasteiger charge is -2.35. The monoisotopic (exact) mass is 438 g/mol. The Kier molecular flexibility index (Phi) is 6.90. The van der Waals surface area contributed by atoms with E-state index >= 15 is 0 Å². The van der Waals surface area contributed by atoms with Gasteiger partial charge in [-0.15, -0.1) is 11.8 Å². The van der Waals surface area contributed by atoms with E-state index in [2.05, 4.69) is 55.7 Å². The highest BCUT2D eigenvalue weighted by Gasteiger charge is 2.42. The first-order valence-corrected chi connectivity index (χ1v) is 11.6. The molecular formula is C25H30N2O3S. The van der Waals surface area contributed by atoms with Crippen LogP contribution in [0.15, 0.2) is 53.4 Å².